The molecule has 124 valence electrons. The van der Waals surface area contributed by atoms with Crippen molar-refractivity contribution in [3.63, 3.8) is 0 Å². The number of benzene rings is 1. The number of hydrogen-bond donors (Lipinski definition) is 1. The van der Waals surface area contributed by atoms with Crippen molar-refractivity contribution in [2.45, 2.75) is 45.8 Å². The summed E-state index contributed by atoms with van der Waals surface area (Å²) in [5, 5.41) is 10.1. The highest BCUT2D eigenvalue weighted by Crippen LogP contribution is 2.14. The predicted molar refractivity (Wildman–Crippen MR) is 89.9 cm³/mol. The molecule has 1 N–H and O–H groups in total. The van der Waals surface area contributed by atoms with E-state index in [1.54, 1.807) is 18.7 Å². The lowest BCUT2D eigenvalue weighted by Gasteiger charge is -2.29. The van der Waals surface area contributed by atoms with Gasteiger partial charge in [0.15, 0.2) is 0 Å². The number of amides is 1. The predicted octanol–water partition coefficient (Wildman–Crippen LogP) is 3.32. The molecule has 0 aliphatic heterocycles. The fourth-order valence-corrected chi connectivity index (χ4v) is 2.51. The number of rotatable bonds is 7. The Morgan fingerprint density at radius 1 is 1.17 bits per heavy atom. The number of aryl methyl sites for hydroxylation is 2. The van der Waals surface area contributed by atoms with Crippen LogP contribution in [-0.2, 0) is 17.8 Å². The summed E-state index contributed by atoms with van der Waals surface area (Å²) in [6, 6.07) is 13.6. The van der Waals surface area contributed by atoms with Crippen molar-refractivity contribution in [3.05, 3.63) is 59.5 Å². The summed E-state index contributed by atoms with van der Waals surface area (Å²) in [4.78, 5) is 14.3. The highest BCUT2D eigenvalue weighted by molar-refractivity contribution is 5.76. The SMILES string of the molecule is Cc1ccc(CCC(=O)N(Cc2ccccc2)CC(C)(C)O)o1. The molecule has 0 radical (unpaired) electrons. The molecule has 0 fully saturated rings. The van der Waals surface area contributed by atoms with Gasteiger partial charge < -0.3 is 14.4 Å². The fraction of sp³-hybridized carbons (Fsp3) is 0.421. The maximum atomic E-state index is 12.6. The molecule has 0 aliphatic rings. The Labute approximate surface area is 137 Å². The highest BCUT2D eigenvalue weighted by atomic mass is 16.3. The number of furan rings is 1. The number of carbonyl (C=O) groups is 1. The molecule has 23 heavy (non-hydrogen) atoms. The van der Waals surface area contributed by atoms with Gasteiger partial charge in [0.05, 0.1) is 5.60 Å². The summed E-state index contributed by atoms with van der Waals surface area (Å²) < 4.78 is 5.51. The minimum absolute atomic E-state index is 0.0185. The zero-order chi connectivity index (χ0) is 16.9. The largest absolute Gasteiger partial charge is 0.466 e. The molecule has 2 rings (SSSR count). The molecule has 0 unspecified atom stereocenters. The second kappa shape index (κ2) is 7.47. The van der Waals surface area contributed by atoms with Gasteiger partial charge in [0.2, 0.25) is 5.91 Å². The standard InChI is InChI=1S/C19H25NO3/c1-15-9-10-17(23-15)11-12-18(21)20(14-19(2,3)22)13-16-7-5-4-6-8-16/h4-10,22H,11-14H2,1-3H3. The Morgan fingerprint density at radius 2 is 1.87 bits per heavy atom. The van der Waals surface area contributed by atoms with E-state index >= 15 is 0 Å². The zero-order valence-electron chi connectivity index (χ0n) is 14.1. The molecule has 1 aromatic carbocycles. The summed E-state index contributed by atoms with van der Waals surface area (Å²) in [6.07, 6.45) is 0.944. The van der Waals surface area contributed by atoms with Crippen LogP contribution in [-0.4, -0.2) is 28.1 Å². The number of nitrogens with zero attached hydrogens (tertiary/aromatic N) is 1. The maximum Gasteiger partial charge on any atom is 0.223 e. The Morgan fingerprint density at radius 3 is 2.43 bits per heavy atom. The summed E-state index contributed by atoms with van der Waals surface area (Å²) in [5.41, 5.74) is 0.130. The van der Waals surface area contributed by atoms with E-state index in [0.29, 0.717) is 25.9 Å². The lowest BCUT2D eigenvalue weighted by Crippen LogP contribution is -2.41. The first-order valence-electron chi connectivity index (χ1n) is 7.93. The minimum Gasteiger partial charge on any atom is -0.466 e. The molecule has 0 atom stereocenters. The van der Waals surface area contributed by atoms with Gasteiger partial charge in [0.1, 0.15) is 11.5 Å². The van der Waals surface area contributed by atoms with Gasteiger partial charge in [0.25, 0.3) is 0 Å². The summed E-state index contributed by atoms with van der Waals surface area (Å²) in [5.74, 6) is 1.69. The topological polar surface area (TPSA) is 53.7 Å². The normalized spacial score (nSPS) is 11.5. The van der Waals surface area contributed by atoms with Gasteiger partial charge in [-0.2, -0.15) is 0 Å². The van der Waals surface area contributed by atoms with Crippen LogP contribution in [0.2, 0.25) is 0 Å². The average molecular weight is 315 g/mol. The number of hydrogen-bond acceptors (Lipinski definition) is 3. The second-order valence-corrected chi connectivity index (χ2v) is 6.56. The second-order valence-electron chi connectivity index (χ2n) is 6.56. The van der Waals surface area contributed by atoms with E-state index in [-0.39, 0.29) is 5.91 Å². The molecule has 0 spiro atoms. The third kappa shape index (κ3) is 5.91. The van der Waals surface area contributed by atoms with E-state index < -0.39 is 5.60 Å². The molecule has 4 heteroatoms. The van der Waals surface area contributed by atoms with Crippen molar-refractivity contribution >= 4 is 5.91 Å². The smallest absolute Gasteiger partial charge is 0.223 e. The monoisotopic (exact) mass is 315 g/mol. The van der Waals surface area contributed by atoms with Crippen molar-refractivity contribution in [2.75, 3.05) is 6.54 Å². The van der Waals surface area contributed by atoms with Crippen LogP contribution >= 0.6 is 0 Å². The minimum atomic E-state index is -0.925. The van der Waals surface area contributed by atoms with Crippen molar-refractivity contribution in [1.82, 2.24) is 4.90 Å². The lowest BCUT2D eigenvalue weighted by atomic mass is 10.1. The number of aliphatic hydroxyl groups is 1. The average Bonchev–Trinajstić information content (AvgIpc) is 2.89. The van der Waals surface area contributed by atoms with Crippen LogP contribution in [0, 0.1) is 6.92 Å². The van der Waals surface area contributed by atoms with Crippen molar-refractivity contribution in [3.8, 4) is 0 Å². The molecule has 2 aromatic rings. The molecule has 0 saturated carbocycles. The Balaban J connectivity index is 2.01. The van der Waals surface area contributed by atoms with E-state index in [4.69, 9.17) is 4.42 Å². The van der Waals surface area contributed by atoms with Crippen molar-refractivity contribution in [2.24, 2.45) is 0 Å². The molecule has 1 heterocycles. The van der Waals surface area contributed by atoms with Gasteiger partial charge in [-0.3, -0.25) is 4.79 Å². The van der Waals surface area contributed by atoms with E-state index in [0.717, 1.165) is 17.1 Å². The van der Waals surface area contributed by atoms with E-state index in [2.05, 4.69) is 0 Å². The quantitative estimate of drug-likeness (QED) is 0.853. The molecule has 0 bridgehead atoms. The van der Waals surface area contributed by atoms with E-state index in [9.17, 15) is 9.90 Å². The summed E-state index contributed by atoms with van der Waals surface area (Å²) in [7, 11) is 0. The van der Waals surface area contributed by atoms with Crippen LogP contribution in [0.25, 0.3) is 0 Å². The lowest BCUT2D eigenvalue weighted by molar-refractivity contribution is -0.135. The summed E-state index contributed by atoms with van der Waals surface area (Å²) >= 11 is 0. The van der Waals surface area contributed by atoms with Gasteiger partial charge in [-0.1, -0.05) is 30.3 Å². The van der Waals surface area contributed by atoms with Crippen LogP contribution < -0.4 is 0 Å². The van der Waals surface area contributed by atoms with Crippen LogP contribution in [0.15, 0.2) is 46.9 Å². The van der Waals surface area contributed by atoms with Gasteiger partial charge >= 0.3 is 0 Å². The third-order valence-electron chi connectivity index (χ3n) is 3.53. The zero-order valence-corrected chi connectivity index (χ0v) is 14.1. The Hall–Kier alpha value is -2.07. The Kier molecular flexibility index (Phi) is 5.61. The maximum absolute atomic E-state index is 12.6. The van der Waals surface area contributed by atoms with Crippen LogP contribution in [0.5, 0.6) is 0 Å². The van der Waals surface area contributed by atoms with Gasteiger partial charge in [-0.15, -0.1) is 0 Å². The summed E-state index contributed by atoms with van der Waals surface area (Å²) in [6.45, 7) is 6.13. The van der Waals surface area contributed by atoms with Crippen LogP contribution in [0.4, 0.5) is 0 Å². The number of carbonyl (C=O) groups excluding carboxylic acids is 1. The molecule has 0 aliphatic carbocycles. The first kappa shape index (κ1) is 17.3. The molecule has 1 amide bonds. The van der Waals surface area contributed by atoms with E-state index in [1.165, 1.54) is 0 Å². The van der Waals surface area contributed by atoms with E-state index in [1.807, 2.05) is 49.4 Å². The first-order chi connectivity index (χ1) is 10.8. The molecule has 1 aromatic heterocycles. The van der Waals surface area contributed by atoms with Gasteiger partial charge in [-0.05, 0) is 38.5 Å². The molecule has 0 saturated heterocycles. The Bertz CT molecular complexity index is 626. The molecular weight excluding hydrogens is 290 g/mol. The fourth-order valence-electron chi connectivity index (χ4n) is 2.51. The third-order valence-corrected chi connectivity index (χ3v) is 3.53. The molecular formula is C19H25NO3. The van der Waals surface area contributed by atoms with Crippen LogP contribution in [0.1, 0.15) is 37.4 Å². The van der Waals surface area contributed by atoms with Gasteiger partial charge in [0, 0.05) is 25.9 Å². The van der Waals surface area contributed by atoms with Crippen molar-refractivity contribution in [1.29, 1.82) is 0 Å². The van der Waals surface area contributed by atoms with Crippen LogP contribution in [0.3, 0.4) is 0 Å². The van der Waals surface area contributed by atoms with Gasteiger partial charge in [-0.25, -0.2) is 0 Å². The highest BCUT2D eigenvalue weighted by Gasteiger charge is 2.22. The first-order valence-corrected chi connectivity index (χ1v) is 7.93. The van der Waals surface area contributed by atoms with Crippen molar-refractivity contribution < 1.29 is 14.3 Å². The molecule has 4 nitrogen and oxygen atoms in total.